The van der Waals surface area contributed by atoms with Crippen LogP contribution in [0.4, 0.5) is 4.79 Å². The zero-order chi connectivity index (χ0) is 20.9. The largest absolute Gasteiger partial charge is 0.491 e. The number of fused-ring (bicyclic) bond motifs is 1. The van der Waals surface area contributed by atoms with E-state index in [0.717, 1.165) is 11.1 Å². The zero-order valence-electron chi connectivity index (χ0n) is 17.1. The maximum absolute atomic E-state index is 13.4. The van der Waals surface area contributed by atoms with Crippen LogP contribution in [0.3, 0.4) is 0 Å². The highest BCUT2D eigenvalue weighted by Gasteiger charge is 2.32. The summed E-state index contributed by atoms with van der Waals surface area (Å²) in [5.41, 5.74) is 3.88. The minimum atomic E-state index is -0.604. The van der Waals surface area contributed by atoms with E-state index in [-0.39, 0.29) is 25.6 Å². The van der Waals surface area contributed by atoms with Gasteiger partial charge in [-0.25, -0.2) is 10.3 Å². The van der Waals surface area contributed by atoms with Crippen molar-refractivity contribution in [1.29, 1.82) is 0 Å². The zero-order valence-corrected chi connectivity index (χ0v) is 18.1. The van der Waals surface area contributed by atoms with Crippen molar-refractivity contribution in [1.82, 2.24) is 15.3 Å². The number of nitrogens with one attached hydrogen (secondary N) is 1. The van der Waals surface area contributed by atoms with Gasteiger partial charge in [-0.15, -0.1) is 0 Å². The van der Waals surface area contributed by atoms with E-state index in [1.165, 1.54) is 0 Å². The molecule has 0 bridgehead atoms. The number of ether oxygens (including phenoxy) is 2. The Bertz CT molecular complexity index is 905. The van der Waals surface area contributed by atoms with Gasteiger partial charge in [0.2, 0.25) is 0 Å². The number of hydrogen-bond donors (Lipinski definition) is 2. The first-order chi connectivity index (χ1) is 14.7. The van der Waals surface area contributed by atoms with Crippen molar-refractivity contribution in [2.24, 2.45) is 0 Å². The highest BCUT2D eigenvalue weighted by Crippen LogP contribution is 2.28. The van der Waals surface area contributed by atoms with Crippen molar-refractivity contribution in [2.75, 3.05) is 32.9 Å². The third-order valence-corrected chi connectivity index (χ3v) is 5.49. The summed E-state index contributed by atoms with van der Waals surface area (Å²) in [5, 5.41) is 8.90. The van der Waals surface area contributed by atoms with Gasteiger partial charge in [0.15, 0.2) is 0 Å². The summed E-state index contributed by atoms with van der Waals surface area (Å²) in [7, 11) is 0. The van der Waals surface area contributed by atoms with Crippen molar-refractivity contribution in [3.63, 3.8) is 0 Å². The van der Waals surface area contributed by atoms with E-state index in [2.05, 4.69) is 0 Å². The van der Waals surface area contributed by atoms with E-state index >= 15 is 0 Å². The van der Waals surface area contributed by atoms with Crippen molar-refractivity contribution < 1.29 is 24.3 Å². The van der Waals surface area contributed by atoms with E-state index in [4.69, 9.17) is 14.7 Å². The summed E-state index contributed by atoms with van der Waals surface area (Å²) in [4.78, 5) is 28.8. The van der Waals surface area contributed by atoms with Gasteiger partial charge >= 0.3 is 6.03 Å². The number of benzene rings is 2. The molecule has 2 aromatic rings. The van der Waals surface area contributed by atoms with Crippen molar-refractivity contribution in [3.05, 3.63) is 65.2 Å². The molecule has 0 spiro atoms. The molecule has 1 saturated heterocycles. The van der Waals surface area contributed by atoms with E-state index in [0.29, 0.717) is 57.2 Å². The third-order valence-electron chi connectivity index (χ3n) is 5.49. The topological polar surface area (TPSA) is 91.3 Å². The second-order valence-electron chi connectivity index (χ2n) is 7.43. The predicted molar refractivity (Wildman–Crippen MR) is 119 cm³/mol. The lowest BCUT2D eigenvalue weighted by Crippen LogP contribution is -2.52. The van der Waals surface area contributed by atoms with Gasteiger partial charge in [0.05, 0.1) is 25.8 Å². The molecule has 8 nitrogen and oxygen atoms in total. The van der Waals surface area contributed by atoms with Gasteiger partial charge in [-0.3, -0.25) is 10.0 Å². The van der Waals surface area contributed by atoms with E-state index < -0.39 is 5.91 Å². The highest BCUT2D eigenvalue weighted by molar-refractivity contribution is 7.59. The lowest BCUT2D eigenvalue weighted by atomic mass is 10.0. The lowest BCUT2D eigenvalue weighted by Gasteiger charge is -2.36. The number of amides is 3. The summed E-state index contributed by atoms with van der Waals surface area (Å²) in [5.74, 6) is -0.0563. The van der Waals surface area contributed by atoms with Gasteiger partial charge in [-0.1, -0.05) is 36.4 Å². The fraction of sp³-hybridized carbons (Fsp3) is 0.364. The van der Waals surface area contributed by atoms with Gasteiger partial charge in [0.25, 0.3) is 5.91 Å². The highest BCUT2D eigenvalue weighted by atomic mass is 32.1. The Morgan fingerprint density at radius 3 is 2.55 bits per heavy atom. The minimum Gasteiger partial charge on any atom is -0.491 e. The van der Waals surface area contributed by atoms with E-state index in [1.54, 1.807) is 23.7 Å². The van der Waals surface area contributed by atoms with Crippen LogP contribution in [-0.4, -0.2) is 65.9 Å². The molecule has 0 saturated carbocycles. The smallest absolute Gasteiger partial charge is 0.320 e. The number of morpholine rings is 1. The molecule has 0 radical (unpaired) electrons. The fourth-order valence-corrected chi connectivity index (χ4v) is 3.83. The Balaban J connectivity index is 0.00000272. The Labute approximate surface area is 188 Å². The van der Waals surface area contributed by atoms with Crippen LogP contribution in [-0.2, 0) is 17.7 Å². The maximum atomic E-state index is 13.4. The number of hydrogen-bond acceptors (Lipinski definition) is 5. The first-order valence-corrected chi connectivity index (χ1v) is 10.0. The van der Waals surface area contributed by atoms with Gasteiger partial charge in [0, 0.05) is 24.2 Å². The molecule has 0 aromatic heterocycles. The number of rotatable bonds is 3. The van der Waals surface area contributed by atoms with Gasteiger partial charge in [0.1, 0.15) is 12.4 Å². The molecule has 2 aliphatic heterocycles. The predicted octanol–water partition coefficient (Wildman–Crippen LogP) is 2.18. The molecule has 2 aromatic carbocycles. The SMILES string of the molecule is O=C(NO)c1ccc2c(c1)OC[C@H](Cc1ccccc1)N(C(=O)N1CCOCC1)C2.S. The summed E-state index contributed by atoms with van der Waals surface area (Å²) in [6.07, 6.45) is 0.662. The van der Waals surface area contributed by atoms with E-state index in [1.807, 2.05) is 40.1 Å². The normalized spacial score (nSPS) is 18.2. The summed E-state index contributed by atoms with van der Waals surface area (Å²) < 4.78 is 11.4. The number of hydroxylamine groups is 1. The van der Waals surface area contributed by atoms with Crippen LogP contribution in [0.15, 0.2) is 48.5 Å². The van der Waals surface area contributed by atoms with Gasteiger partial charge in [-0.2, -0.15) is 13.5 Å². The lowest BCUT2D eigenvalue weighted by molar-refractivity contribution is 0.0363. The summed E-state index contributed by atoms with van der Waals surface area (Å²) in [6, 6.07) is 14.8. The van der Waals surface area contributed by atoms with Crippen LogP contribution in [0.5, 0.6) is 5.75 Å². The third kappa shape index (κ3) is 5.30. The Hall–Kier alpha value is -2.75. The molecule has 3 amide bonds. The molecule has 1 atom stereocenters. The molecule has 2 aliphatic rings. The fourth-order valence-electron chi connectivity index (χ4n) is 3.83. The molecule has 1 fully saturated rings. The Kier molecular flexibility index (Phi) is 7.78. The minimum absolute atomic E-state index is 0. The second-order valence-corrected chi connectivity index (χ2v) is 7.43. The number of nitrogens with zero attached hydrogens (tertiary/aromatic N) is 2. The maximum Gasteiger partial charge on any atom is 0.320 e. The molecule has 2 heterocycles. The first kappa shape index (κ1) is 22.9. The molecule has 0 unspecified atom stereocenters. The van der Waals surface area contributed by atoms with Crippen LogP contribution in [0, 0.1) is 0 Å². The molecular formula is C22H27N3O5S. The van der Waals surface area contributed by atoms with Crippen LogP contribution in [0.2, 0.25) is 0 Å². The van der Waals surface area contributed by atoms with Crippen LogP contribution < -0.4 is 10.2 Å². The molecule has 2 N–H and O–H groups in total. The number of urea groups is 1. The second kappa shape index (κ2) is 10.5. The summed E-state index contributed by atoms with van der Waals surface area (Å²) in [6.45, 7) is 2.89. The molecular weight excluding hydrogens is 418 g/mol. The van der Waals surface area contributed by atoms with Crippen LogP contribution in [0.1, 0.15) is 21.5 Å². The monoisotopic (exact) mass is 445 g/mol. The van der Waals surface area contributed by atoms with Crippen molar-refractivity contribution in [2.45, 2.75) is 19.0 Å². The summed E-state index contributed by atoms with van der Waals surface area (Å²) >= 11 is 0. The van der Waals surface area contributed by atoms with Crippen molar-refractivity contribution >= 4 is 25.4 Å². The standard InChI is InChI=1S/C22H25N3O5.H2S/c26-21(23-28)17-6-7-18-14-25(22(27)24-8-10-29-11-9-24)19(15-30-20(18)13-17)12-16-4-2-1-3-5-16;/h1-7,13,19,28H,8-12,14-15H2,(H,23,26);1H2/t19-;/m0./s1. The molecule has 0 aliphatic carbocycles. The average molecular weight is 446 g/mol. The van der Waals surface area contributed by atoms with Gasteiger partial charge < -0.3 is 19.3 Å². The number of carbonyl (C=O) groups is 2. The van der Waals surface area contributed by atoms with Crippen LogP contribution in [0.25, 0.3) is 0 Å². The first-order valence-electron chi connectivity index (χ1n) is 10.0. The molecule has 31 heavy (non-hydrogen) atoms. The van der Waals surface area contributed by atoms with E-state index in [9.17, 15) is 9.59 Å². The molecule has 4 rings (SSSR count). The quantitative estimate of drug-likeness (QED) is 0.558. The molecule has 9 heteroatoms. The Morgan fingerprint density at radius 1 is 1.10 bits per heavy atom. The Morgan fingerprint density at radius 2 is 1.84 bits per heavy atom. The van der Waals surface area contributed by atoms with Gasteiger partial charge in [-0.05, 0) is 24.1 Å². The number of carbonyl (C=O) groups excluding carboxylic acids is 2. The van der Waals surface area contributed by atoms with Crippen LogP contribution >= 0.6 is 13.5 Å². The molecule has 166 valence electrons. The average Bonchev–Trinajstić information content (AvgIpc) is 2.98. The van der Waals surface area contributed by atoms with Crippen molar-refractivity contribution in [3.8, 4) is 5.75 Å².